The quantitative estimate of drug-likeness (QED) is 0.926. The fourth-order valence-corrected chi connectivity index (χ4v) is 3.08. The lowest BCUT2D eigenvalue weighted by Crippen LogP contribution is -2.54. The number of carbonyl (C=O) groups is 1. The van der Waals surface area contributed by atoms with E-state index >= 15 is 0 Å². The lowest BCUT2D eigenvalue weighted by Gasteiger charge is -2.39. The van der Waals surface area contributed by atoms with Crippen LogP contribution < -0.4 is 10.2 Å². The molecule has 0 saturated carbocycles. The van der Waals surface area contributed by atoms with E-state index in [0.29, 0.717) is 5.92 Å². The zero-order valence-electron chi connectivity index (χ0n) is 11.6. The summed E-state index contributed by atoms with van der Waals surface area (Å²) in [5.41, 5.74) is 2.11. The molecule has 0 aliphatic carbocycles. The highest BCUT2D eigenvalue weighted by Gasteiger charge is 2.30. The summed E-state index contributed by atoms with van der Waals surface area (Å²) in [6, 6.07) is 6.12. The van der Waals surface area contributed by atoms with Crippen LogP contribution >= 0.6 is 15.9 Å². The van der Waals surface area contributed by atoms with Crippen LogP contribution in [0.5, 0.6) is 0 Å². The number of benzene rings is 1. The highest BCUT2D eigenvalue weighted by Crippen LogP contribution is 2.27. The number of amides is 2. The van der Waals surface area contributed by atoms with Crippen LogP contribution in [0.15, 0.2) is 22.7 Å². The molecule has 1 heterocycles. The van der Waals surface area contributed by atoms with Gasteiger partial charge in [-0.15, -0.1) is 0 Å². The van der Waals surface area contributed by atoms with Crippen molar-refractivity contribution in [3.05, 3.63) is 28.2 Å². The molecule has 1 atom stereocenters. The molecule has 1 saturated heterocycles. The highest BCUT2D eigenvalue weighted by atomic mass is 79.9. The first-order chi connectivity index (χ1) is 9.02. The summed E-state index contributed by atoms with van der Waals surface area (Å²) in [5.74, 6) is 0.454. The van der Waals surface area contributed by atoms with Gasteiger partial charge in [0.05, 0.1) is 0 Å². The van der Waals surface area contributed by atoms with Crippen molar-refractivity contribution in [2.75, 3.05) is 38.6 Å². The van der Waals surface area contributed by atoms with Crippen molar-refractivity contribution in [2.24, 2.45) is 5.92 Å². The van der Waals surface area contributed by atoms with Gasteiger partial charge in [-0.3, -0.25) is 4.90 Å². The minimum Gasteiger partial charge on any atom is -0.327 e. The van der Waals surface area contributed by atoms with Crippen molar-refractivity contribution in [1.29, 1.82) is 0 Å². The van der Waals surface area contributed by atoms with Gasteiger partial charge in [0, 0.05) is 42.8 Å². The first kappa shape index (κ1) is 14.3. The average molecular weight is 326 g/mol. The number of rotatable bonds is 3. The maximum absolute atomic E-state index is 12.3. The molecule has 19 heavy (non-hydrogen) atoms. The number of urea groups is 1. The fourth-order valence-electron chi connectivity index (χ4n) is 2.61. The Morgan fingerprint density at radius 1 is 1.42 bits per heavy atom. The molecule has 1 aliphatic rings. The van der Waals surface area contributed by atoms with Crippen molar-refractivity contribution >= 4 is 27.6 Å². The van der Waals surface area contributed by atoms with E-state index in [4.69, 9.17) is 0 Å². The number of nitrogens with zero attached hydrogens (tertiary/aromatic N) is 2. The molecule has 1 aromatic rings. The highest BCUT2D eigenvalue weighted by molar-refractivity contribution is 9.10. The van der Waals surface area contributed by atoms with E-state index < -0.39 is 0 Å². The van der Waals surface area contributed by atoms with Crippen LogP contribution in [0.2, 0.25) is 0 Å². The van der Waals surface area contributed by atoms with Gasteiger partial charge >= 0.3 is 6.03 Å². The maximum Gasteiger partial charge on any atom is 0.324 e. The molecule has 1 fully saturated rings. The summed E-state index contributed by atoms with van der Waals surface area (Å²) in [6.07, 6.45) is 0. The third-order valence-corrected chi connectivity index (χ3v) is 3.97. The predicted octanol–water partition coefficient (Wildman–Crippen LogP) is 2.46. The molecule has 5 heteroatoms. The Bertz CT molecular complexity index is 478. The van der Waals surface area contributed by atoms with Crippen LogP contribution in [-0.2, 0) is 0 Å². The van der Waals surface area contributed by atoms with Gasteiger partial charge in [0.1, 0.15) is 0 Å². The predicted molar refractivity (Wildman–Crippen MR) is 81.7 cm³/mol. The third-order valence-electron chi connectivity index (χ3n) is 3.47. The van der Waals surface area contributed by atoms with Crippen molar-refractivity contribution < 1.29 is 4.79 Å². The molecule has 0 radical (unpaired) electrons. The Labute approximate surface area is 122 Å². The Morgan fingerprint density at radius 2 is 2.16 bits per heavy atom. The lowest BCUT2D eigenvalue weighted by atomic mass is 10.0. The summed E-state index contributed by atoms with van der Waals surface area (Å²) in [6.45, 7) is 4.54. The first-order valence-corrected chi connectivity index (χ1v) is 7.25. The number of hydrogen-bond acceptors (Lipinski definition) is 2. The molecule has 2 rings (SSSR count). The first-order valence-electron chi connectivity index (χ1n) is 6.46. The second kappa shape index (κ2) is 5.92. The third kappa shape index (κ3) is 3.09. The van der Waals surface area contributed by atoms with Crippen molar-refractivity contribution in [3.63, 3.8) is 0 Å². The smallest absolute Gasteiger partial charge is 0.324 e. The van der Waals surface area contributed by atoms with Crippen molar-refractivity contribution in [3.8, 4) is 0 Å². The van der Waals surface area contributed by atoms with Gasteiger partial charge in [0.15, 0.2) is 0 Å². The van der Waals surface area contributed by atoms with Crippen LogP contribution in [0.1, 0.15) is 5.56 Å². The second-order valence-electron chi connectivity index (χ2n) is 5.13. The monoisotopic (exact) mass is 325 g/mol. The summed E-state index contributed by atoms with van der Waals surface area (Å²) >= 11 is 3.46. The zero-order valence-corrected chi connectivity index (χ0v) is 13.2. The molecule has 1 unspecified atom stereocenters. The van der Waals surface area contributed by atoms with Crippen molar-refractivity contribution in [2.45, 2.75) is 6.92 Å². The van der Waals surface area contributed by atoms with Gasteiger partial charge in [-0.25, -0.2) is 4.79 Å². The second-order valence-corrected chi connectivity index (χ2v) is 6.04. The number of aryl methyl sites for hydroxylation is 1. The number of carbonyl (C=O) groups excluding carboxylic acids is 1. The molecule has 0 aromatic heterocycles. The van der Waals surface area contributed by atoms with E-state index in [0.717, 1.165) is 35.4 Å². The van der Waals surface area contributed by atoms with Gasteiger partial charge in [0.2, 0.25) is 0 Å². The van der Waals surface area contributed by atoms with Gasteiger partial charge in [-0.1, -0.05) is 15.9 Å². The van der Waals surface area contributed by atoms with E-state index in [1.807, 2.05) is 44.1 Å². The largest absolute Gasteiger partial charge is 0.327 e. The summed E-state index contributed by atoms with van der Waals surface area (Å²) in [7, 11) is 3.82. The van der Waals surface area contributed by atoms with Crippen LogP contribution in [0.4, 0.5) is 10.5 Å². The van der Waals surface area contributed by atoms with Crippen LogP contribution in [-0.4, -0.2) is 44.7 Å². The fraction of sp³-hybridized carbons (Fsp3) is 0.500. The molecule has 1 aliphatic heterocycles. The van der Waals surface area contributed by atoms with Gasteiger partial charge < -0.3 is 10.2 Å². The van der Waals surface area contributed by atoms with Gasteiger partial charge in [0.25, 0.3) is 0 Å². The minimum absolute atomic E-state index is 0.0813. The van der Waals surface area contributed by atoms with E-state index in [9.17, 15) is 4.79 Å². The standard InChI is InChI=1S/C14H20BrN3O/c1-10-6-12(15)4-5-13(10)18-9-11(7-16-2)8-17(3)14(18)19/h4-6,11,16H,7-9H2,1-3H3. The number of halogens is 1. The van der Waals surface area contributed by atoms with E-state index in [-0.39, 0.29) is 6.03 Å². The Balaban J connectivity index is 2.27. The van der Waals surface area contributed by atoms with Gasteiger partial charge in [-0.2, -0.15) is 0 Å². The summed E-state index contributed by atoms with van der Waals surface area (Å²) in [5, 5.41) is 3.20. The van der Waals surface area contributed by atoms with Crippen LogP contribution in [0.3, 0.4) is 0 Å². The SMILES string of the molecule is CNCC1CN(C)C(=O)N(c2ccc(Br)cc2C)C1. The molecular weight excluding hydrogens is 306 g/mol. The lowest BCUT2D eigenvalue weighted by molar-refractivity contribution is 0.192. The van der Waals surface area contributed by atoms with Gasteiger partial charge in [-0.05, 0) is 37.7 Å². The Hall–Kier alpha value is -1.07. The summed E-state index contributed by atoms with van der Waals surface area (Å²) < 4.78 is 1.04. The molecule has 104 valence electrons. The zero-order chi connectivity index (χ0) is 14.0. The maximum atomic E-state index is 12.3. The molecule has 0 spiro atoms. The molecule has 2 amide bonds. The molecule has 4 nitrogen and oxygen atoms in total. The van der Waals surface area contributed by atoms with E-state index in [1.54, 1.807) is 4.90 Å². The van der Waals surface area contributed by atoms with Crippen LogP contribution in [0.25, 0.3) is 0 Å². The molecule has 1 aromatic carbocycles. The summed E-state index contributed by atoms with van der Waals surface area (Å²) in [4.78, 5) is 16.0. The molecule has 1 N–H and O–H groups in total. The molecule has 0 bridgehead atoms. The van der Waals surface area contributed by atoms with Crippen LogP contribution in [0, 0.1) is 12.8 Å². The van der Waals surface area contributed by atoms with E-state index in [1.165, 1.54) is 0 Å². The minimum atomic E-state index is 0.0813. The van der Waals surface area contributed by atoms with Crippen molar-refractivity contribution in [1.82, 2.24) is 10.2 Å². The Kier molecular flexibility index (Phi) is 4.47. The number of hydrogen-bond donors (Lipinski definition) is 1. The topological polar surface area (TPSA) is 35.6 Å². The average Bonchev–Trinajstić information content (AvgIpc) is 2.34. The Morgan fingerprint density at radius 3 is 2.79 bits per heavy atom. The number of nitrogens with one attached hydrogen (secondary N) is 1. The number of anilines is 1. The van der Waals surface area contributed by atoms with E-state index in [2.05, 4.69) is 21.2 Å². The normalized spacial score (nSPS) is 20.0. The molecular formula is C14H20BrN3O.